The highest BCUT2D eigenvalue weighted by molar-refractivity contribution is 7.13. The summed E-state index contributed by atoms with van der Waals surface area (Å²) in [5.74, 6) is -0.0104. The number of benzene rings is 2. The van der Waals surface area contributed by atoms with E-state index in [0.717, 1.165) is 44.2 Å². The zero-order valence-corrected chi connectivity index (χ0v) is 17.2. The molecule has 0 saturated carbocycles. The molecule has 0 spiro atoms. The summed E-state index contributed by atoms with van der Waals surface area (Å²) in [7, 11) is 0. The summed E-state index contributed by atoms with van der Waals surface area (Å²) in [6.45, 7) is 4.01. The van der Waals surface area contributed by atoms with Crippen molar-refractivity contribution in [2.45, 2.75) is 20.3 Å². The van der Waals surface area contributed by atoms with Gasteiger partial charge in [-0.05, 0) is 42.7 Å². The van der Waals surface area contributed by atoms with Crippen LogP contribution in [0.1, 0.15) is 16.7 Å². The van der Waals surface area contributed by atoms with Crippen LogP contribution >= 0.6 is 11.3 Å². The van der Waals surface area contributed by atoms with E-state index >= 15 is 0 Å². The number of aromatic nitrogens is 2. The van der Waals surface area contributed by atoms with E-state index in [9.17, 15) is 4.79 Å². The highest BCUT2D eigenvalue weighted by Crippen LogP contribution is 2.28. The third-order valence-corrected chi connectivity index (χ3v) is 5.68. The molecule has 0 radical (unpaired) electrons. The molecule has 0 fully saturated rings. The van der Waals surface area contributed by atoms with Crippen molar-refractivity contribution in [3.05, 3.63) is 89.1 Å². The SMILES string of the molecule is Cc1cccc(C)c1NC(=O)Cc1ccc(-c2csc(-c3ccncc3)n2)cc1. The van der Waals surface area contributed by atoms with E-state index < -0.39 is 0 Å². The molecule has 0 atom stereocenters. The fourth-order valence-corrected chi connectivity index (χ4v) is 4.04. The number of nitrogens with zero attached hydrogens (tertiary/aromatic N) is 2. The van der Waals surface area contributed by atoms with Crippen molar-refractivity contribution in [1.82, 2.24) is 9.97 Å². The first-order valence-electron chi connectivity index (χ1n) is 9.41. The number of amides is 1. The van der Waals surface area contributed by atoms with E-state index in [1.165, 1.54) is 0 Å². The number of nitrogens with one attached hydrogen (secondary N) is 1. The van der Waals surface area contributed by atoms with Crippen LogP contribution < -0.4 is 5.32 Å². The van der Waals surface area contributed by atoms with Gasteiger partial charge in [0.1, 0.15) is 5.01 Å². The molecular weight excluding hydrogens is 378 g/mol. The van der Waals surface area contributed by atoms with Gasteiger partial charge in [0, 0.05) is 34.6 Å². The van der Waals surface area contributed by atoms with Crippen molar-refractivity contribution in [1.29, 1.82) is 0 Å². The van der Waals surface area contributed by atoms with E-state index in [4.69, 9.17) is 4.98 Å². The molecule has 0 aliphatic heterocycles. The second kappa shape index (κ2) is 8.37. The first-order valence-corrected chi connectivity index (χ1v) is 10.3. The lowest BCUT2D eigenvalue weighted by molar-refractivity contribution is -0.115. The predicted octanol–water partition coefficient (Wildman–Crippen LogP) is 5.67. The fourth-order valence-electron chi connectivity index (χ4n) is 3.21. The smallest absolute Gasteiger partial charge is 0.228 e. The van der Waals surface area contributed by atoms with E-state index in [1.807, 2.05) is 68.4 Å². The number of thiazole rings is 1. The van der Waals surface area contributed by atoms with Crippen LogP contribution in [0.2, 0.25) is 0 Å². The van der Waals surface area contributed by atoms with Crippen molar-refractivity contribution >= 4 is 22.9 Å². The van der Waals surface area contributed by atoms with Crippen molar-refractivity contribution in [2.75, 3.05) is 5.32 Å². The molecule has 1 N–H and O–H groups in total. The van der Waals surface area contributed by atoms with Crippen molar-refractivity contribution in [3.63, 3.8) is 0 Å². The highest BCUT2D eigenvalue weighted by Gasteiger charge is 2.10. The number of pyridine rings is 1. The molecule has 2 aromatic carbocycles. The van der Waals surface area contributed by atoms with Crippen LogP contribution in [0.15, 0.2) is 72.4 Å². The molecule has 1 amide bonds. The van der Waals surface area contributed by atoms with Crippen molar-refractivity contribution in [2.24, 2.45) is 0 Å². The third kappa shape index (κ3) is 4.41. The minimum atomic E-state index is -0.0104. The normalized spacial score (nSPS) is 10.7. The van der Waals surface area contributed by atoms with Crippen LogP contribution in [0.25, 0.3) is 21.8 Å². The van der Waals surface area contributed by atoms with Gasteiger partial charge in [0.05, 0.1) is 12.1 Å². The number of hydrogen-bond donors (Lipinski definition) is 1. The van der Waals surface area contributed by atoms with Crippen LogP contribution in [0.4, 0.5) is 5.69 Å². The molecule has 2 heterocycles. The molecular formula is C24H21N3OS. The van der Waals surface area contributed by atoms with Gasteiger partial charge in [0.2, 0.25) is 5.91 Å². The number of carbonyl (C=O) groups excluding carboxylic acids is 1. The molecule has 0 unspecified atom stereocenters. The molecule has 0 saturated heterocycles. The average Bonchev–Trinajstić information content (AvgIpc) is 3.22. The van der Waals surface area contributed by atoms with Gasteiger partial charge in [-0.15, -0.1) is 11.3 Å². The number of para-hydroxylation sites is 1. The Morgan fingerprint density at radius 2 is 1.62 bits per heavy atom. The first kappa shape index (κ1) is 19.0. The summed E-state index contributed by atoms with van der Waals surface area (Å²) in [5.41, 5.74) is 7.07. The Balaban J connectivity index is 1.44. The van der Waals surface area contributed by atoms with E-state index in [-0.39, 0.29) is 5.91 Å². The summed E-state index contributed by atoms with van der Waals surface area (Å²) < 4.78 is 0. The molecule has 0 aliphatic carbocycles. The molecule has 29 heavy (non-hydrogen) atoms. The summed E-state index contributed by atoms with van der Waals surface area (Å²) in [5, 5.41) is 6.07. The second-order valence-corrected chi connectivity index (χ2v) is 7.82. The number of aryl methyl sites for hydroxylation is 2. The van der Waals surface area contributed by atoms with Gasteiger partial charge < -0.3 is 5.32 Å². The molecule has 4 rings (SSSR count). The molecule has 0 bridgehead atoms. The zero-order chi connectivity index (χ0) is 20.2. The van der Waals surface area contributed by atoms with E-state index in [2.05, 4.69) is 15.7 Å². The Kier molecular flexibility index (Phi) is 5.49. The fraction of sp³-hybridized carbons (Fsp3) is 0.125. The summed E-state index contributed by atoms with van der Waals surface area (Å²) in [6, 6.07) is 18.0. The molecule has 0 aliphatic rings. The predicted molar refractivity (Wildman–Crippen MR) is 119 cm³/mol. The number of rotatable bonds is 5. The van der Waals surface area contributed by atoms with Crippen LogP contribution in [-0.2, 0) is 11.2 Å². The Morgan fingerprint density at radius 3 is 2.31 bits per heavy atom. The van der Waals surface area contributed by atoms with Gasteiger partial charge in [-0.1, -0.05) is 42.5 Å². The van der Waals surface area contributed by atoms with Crippen LogP contribution in [0.5, 0.6) is 0 Å². The maximum atomic E-state index is 12.5. The van der Waals surface area contributed by atoms with Crippen LogP contribution in [0.3, 0.4) is 0 Å². The van der Waals surface area contributed by atoms with Gasteiger partial charge in [-0.2, -0.15) is 0 Å². The Morgan fingerprint density at radius 1 is 0.931 bits per heavy atom. The monoisotopic (exact) mass is 399 g/mol. The lowest BCUT2D eigenvalue weighted by Crippen LogP contribution is -2.16. The molecule has 4 nitrogen and oxygen atoms in total. The topological polar surface area (TPSA) is 54.9 Å². The van der Waals surface area contributed by atoms with Gasteiger partial charge in [-0.25, -0.2) is 4.98 Å². The third-order valence-electron chi connectivity index (χ3n) is 4.79. The standard InChI is InChI=1S/C24H21N3OS/c1-16-4-3-5-17(2)23(16)27-22(28)14-18-6-8-19(9-7-18)21-15-29-24(26-21)20-10-12-25-13-11-20/h3-13,15H,14H2,1-2H3,(H,27,28). The van der Waals surface area contributed by atoms with Gasteiger partial charge in [0.15, 0.2) is 0 Å². The number of anilines is 1. The van der Waals surface area contributed by atoms with Crippen molar-refractivity contribution < 1.29 is 4.79 Å². The number of carbonyl (C=O) groups is 1. The molecule has 144 valence electrons. The summed E-state index contributed by atoms with van der Waals surface area (Å²) >= 11 is 1.61. The van der Waals surface area contributed by atoms with Crippen molar-refractivity contribution in [3.8, 4) is 21.8 Å². The highest BCUT2D eigenvalue weighted by atomic mass is 32.1. The Bertz CT molecular complexity index is 1110. The lowest BCUT2D eigenvalue weighted by Gasteiger charge is -2.11. The molecule has 5 heteroatoms. The maximum Gasteiger partial charge on any atom is 0.228 e. The minimum Gasteiger partial charge on any atom is -0.325 e. The lowest BCUT2D eigenvalue weighted by atomic mass is 10.1. The first-order chi connectivity index (χ1) is 14.1. The molecule has 4 aromatic rings. The minimum absolute atomic E-state index is 0.0104. The zero-order valence-electron chi connectivity index (χ0n) is 16.3. The largest absolute Gasteiger partial charge is 0.325 e. The Labute approximate surface area is 174 Å². The summed E-state index contributed by atoms with van der Waals surface area (Å²) in [6.07, 6.45) is 3.89. The maximum absolute atomic E-state index is 12.5. The van der Waals surface area contributed by atoms with E-state index in [1.54, 1.807) is 23.7 Å². The second-order valence-electron chi connectivity index (χ2n) is 6.96. The van der Waals surface area contributed by atoms with Gasteiger partial charge >= 0.3 is 0 Å². The average molecular weight is 400 g/mol. The molecule has 2 aromatic heterocycles. The summed E-state index contributed by atoms with van der Waals surface area (Å²) in [4.78, 5) is 21.3. The number of hydrogen-bond acceptors (Lipinski definition) is 4. The Hall–Kier alpha value is -3.31. The quantitative estimate of drug-likeness (QED) is 0.470. The van der Waals surface area contributed by atoms with Gasteiger partial charge in [-0.3, -0.25) is 9.78 Å². The van der Waals surface area contributed by atoms with Crippen LogP contribution in [0, 0.1) is 13.8 Å². The van der Waals surface area contributed by atoms with Gasteiger partial charge in [0.25, 0.3) is 0 Å². The van der Waals surface area contributed by atoms with Crippen LogP contribution in [-0.4, -0.2) is 15.9 Å². The van der Waals surface area contributed by atoms with E-state index in [0.29, 0.717) is 6.42 Å².